The Kier molecular flexibility index (Phi) is 3.66. The van der Waals surface area contributed by atoms with E-state index in [9.17, 15) is 24.3 Å². The normalized spacial score (nSPS) is 24.6. The zero-order valence-electron chi connectivity index (χ0n) is 14.0. The number of anilines is 1. The molecule has 0 bridgehead atoms. The molecular weight excluding hydrogens is 341 g/mol. The van der Waals surface area contributed by atoms with E-state index in [4.69, 9.17) is 4.74 Å². The fourth-order valence-corrected chi connectivity index (χ4v) is 3.18. The average Bonchev–Trinajstić information content (AvgIpc) is 3.53. The second-order valence-electron chi connectivity index (χ2n) is 7.22. The maximum Gasteiger partial charge on any atom is 0.414 e. The van der Waals surface area contributed by atoms with Gasteiger partial charge in [0.2, 0.25) is 0 Å². The van der Waals surface area contributed by atoms with Crippen molar-refractivity contribution in [1.29, 1.82) is 5.26 Å². The lowest BCUT2D eigenvalue weighted by atomic mass is 9.97. The molecule has 1 aromatic rings. The Labute approximate surface area is 149 Å². The summed E-state index contributed by atoms with van der Waals surface area (Å²) in [6.45, 7) is 0.251. The molecular formula is C18H18FN3O4. The molecule has 2 N–H and O–H groups in total. The van der Waals surface area contributed by atoms with Crippen molar-refractivity contribution in [3.8, 4) is 6.07 Å². The van der Waals surface area contributed by atoms with Gasteiger partial charge in [-0.25, -0.2) is 9.18 Å². The first-order valence-corrected chi connectivity index (χ1v) is 8.57. The highest BCUT2D eigenvalue weighted by Gasteiger charge is 2.48. The van der Waals surface area contributed by atoms with Crippen molar-refractivity contribution in [3.05, 3.63) is 29.6 Å². The number of rotatable bonds is 5. The summed E-state index contributed by atoms with van der Waals surface area (Å²) >= 11 is 0. The minimum atomic E-state index is -1.28. The molecule has 4 rings (SSSR count). The summed E-state index contributed by atoms with van der Waals surface area (Å²) < 4.78 is 19.6. The first-order chi connectivity index (χ1) is 12.4. The summed E-state index contributed by atoms with van der Waals surface area (Å²) in [5, 5.41) is 21.5. The third-order valence-electron chi connectivity index (χ3n) is 5.25. The molecule has 0 spiro atoms. The fourth-order valence-electron chi connectivity index (χ4n) is 3.18. The van der Waals surface area contributed by atoms with Crippen LogP contribution in [0, 0.1) is 17.1 Å². The number of aliphatic hydroxyl groups is 1. The molecule has 1 heterocycles. The average molecular weight is 359 g/mol. The van der Waals surface area contributed by atoms with E-state index in [1.165, 1.54) is 11.0 Å². The number of nitriles is 1. The van der Waals surface area contributed by atoms with Gasteiger partial charge in [0.1, 0.15) is 17.5 Å². The number of ether oxygens (including phenoxy) is 1. The number of carbonyl (C=O) groups excluding carboxylic acids is 2. The van der Waals surface area contributed by atoms with Crippen molar-refractivity contribution in [2.75, 3.05) is 18.0 Å². The van der Waals surface area contributed by atoms with Gasteiger partial charge >= 0.3 is 6.09 Å². The van der Waals surface area contributed by atoms with Crippen LogP contribution in [0.4, 0.5) is 14.9 Å². The monoisotopic (exact) mass is 359 g/mol. The van der Waals surface area contributed by atoms with Crippen LogP contribution in [0.2, 0.25) is 0 Å². The van der Waals surface area contributed by atoms with Crippen LogP contribution in [0.15, 0.2) is 18.2 Å². The highest BCUT2D eigenvalue weighted by Crippen LogP contribution is 2.48. The van der Waals surface area contributed by atoms with Crippen molar-refractivity contribution >= 4 is 17.7 Å². The Balaban J connectivity index is 1.42. The van der Waals surface area contributed by atoms with Gasteiger partial charge in [-0.15, -0.1) is 0 Å². The SMILES string of the molecule is N#CC1(c2ccc(N3C[C@H](CNC(=O)C4(O)CC4)OC3=O)cc2F)CC1. The predicted molar refractivity (Wildman–Crippen MR) is 87.7 cm³/mol. The molecule has 2 aliphatic carbocycles. The van der Waals surface area contributed by atoms with Crippen LogP contribution in [0.25, 0.3) is 0 Å². The summed E-state index contributed by atoms with van der Waals surface area (Å²) in [5.74, 6) is -0.976. The highest BCUT2D eigenvalue weighted by atomic mass is 19.1. The molecule has 1 saturated heterocycles. The molecule has 0 aromatic heterocycles. The lowest BCUT2D eigenvalue weighted by Crippen LogP contribution is -2.41. The second-order valence-corrected chi connectivity index (χ2v) is 7.22. The summed E-state index contributed by atoms with van der Waals surface area (Å²) in [6, 6.07) is 6.54. The molecule has 2 saturated carbocycles. The van der Waals surface area contributed by atoms with Gasteiger partial charge in [-0.1, -0.05) is 6.07 Å². The van der Waals surface area contributed by atoms with Crippen molar-refractivity contribution in [3.63, 3.8) is 0 Å². The Morgan fingerprint density at radius 1 is 1.42 bits per heavy atom. The lowest BCUT2D eigenvalue weighted by Gasteiger charge is -2.16. The Bertz CT molecular complexity index is 826. The maximum atomic E-state index is 14.4. The maximum absolute atomic E-state index is 14.4. The van der Waals surface area contributed by atoms with E-state index >= 15 is 0 Å². The zero-order chi connectivity index (χ0) is 18.5. The van der Waals surface area contributed by atoms with Gasteiger partial charge in [0.15, 0.2) is 0 Å². The second kappa shape index (κ2) is 5.68. The molecule has 1 aromatic carbocycles. The lowest BCUT2D eigenvalue weighted by molar-refractivity contribution is -0.131. The van der Waals surface area contributed by atoms with Gasteiger partial charge < -0.3 is 15.2 Å². The molecule has 1 aliphatic heterocycles. The van der Waals surface area contributed by atoms with Gasteiger partial charge in [0.25, 0.3) is 5.91 Å². The van der Waals surface area contributed by atoms with E-state index in [0.717, 1.165) is 0 Å². The van der Waals surface area contributed by atoms with Crippen molar-refractivity contribution in [2.24, 2.45) is 0 Å². The topological polar surface area (TPSA) is 103 Å². The van der Waals surface area contributed by atoms with Crippen LogP contribution in [-0.4, -0.2) is 41.9 Å². The minimum absolute atomic E-state index is 0.0848. The largest absolute Gasteiger partial charge is 0.442 e. The van der Waals surface area contributed by atoms with Gasteiger partial charge in [-0.05, 0) is 37.8 Å². The summed E-state index contributed by atoms with van der Waals surface area (Å²) in [6.07, 6.45) is 0.948. The number of cyclic esters (lactones) is 1. The van der Waals surface area contributed by atoms with Crippen molar-refractivity contribution in [2.45, 2.75) is 42.8 Å². The predicted octanol–water partition coefficient (Wildman–Crippen LogP) is 1.35. The number of carbonyl (C=O) groups is 2. The molecule has 3 aliphatic rings. The van der Waals surface area contributed by atoms with Crippen LogP contribution < -0.4 is 10.2 Å². The first kappa shape index (κ1) is 16.8. The van der Waals surface area contributed by atoms with Gasteiger partial charge in [0, 0.05) is 5.56 Å². The Morgan fingerprint density at radius 2 is 2.15 bits per heavy atom. The molecule has 2 amide bonds. The molecule has 136 valence electrons. The van der Waals surface area contributed by atoms with E-state index in [1.807, 2.05) is 0 Å². The number of amides is 2. The Morgan fingerprint density at radius 3 is 2.73 bits per heavy atom. The van der Waals surface area contributed by atoms with Gasteiger partial charge in [-0.2, -0.15) is 5.26 Å². The number of hydrogen-bond donors (Lipinski definition) is 2. The van der Waals surface area contributed by atoms with Crippen molar-refractivity contribution in [1.82, 2.24) is 5.32 Å². The summed E-state index contributed by atoms with van der Waals surface area (Å²) in [5.41, 5.74) is -1.30. The Hall–Kier alpha value is -2.66. The van der Waals surface area contributed by atoms with Crippen LogP contribution in [0.5, 0.6) is 0 Å². The van der Waals surface area contributed by atoms with E-state index < -0.39 is 34.9 Å². The first-order valence-electron chi connectivity index (χ1n) is 8.57. The summed E-state index contributed by atoms with van der Waals surface area (Å²) in [4.78, 5) is 25.1. The molecule has 3 fully saturated rings. The van der Waals surface area contributed by atoms with Crippen LogP contribution in [0.3, 0.4) is 0 Å². The van der Waals surface area contributed by atoms with Gasteiger partial charge in [-0.3, -0.25) is 9.69 Å². The molecule has 0 radical (unpaired) electrons. The van der Waals surface area contributed by atoms with Crippen LogP contribution in [-0.2, 0) is 14.9 Å². The number of benzene rings is 1. The zero-order valence-corrected chi connectivity index (χ0v) is 14.0. The van der Waals surface area contributed by atoms with E-state index in [1.54, 1.807) is 12.1 Å². The molecule has 7 nitrogen and oxygen atoms in total. The standard InChI is InChI=1S/C18H18FN3O4/c19-14-7-11(1-2-13(14)17(10-20)3-4-17)22-9-12(26-16(22)24)8-21-15(23)18(25)5-6-18/h1-2,7,12,25H,3-6,8-9H2,(H,21,23)/t12-/m0/s1. The summed E-state index contributed by atoms with van der Waals surface area (Å²) in [7, 11) is 0. The minimum Gasteiger partial charge on any atom is -0.442 e. The number of nitrogens with one attached hydrogen (secondary N) is 1. The highest BCUT2D eigenvalue weighted by molar-refractivity contribution is 5.90. The quantitative estimate of drug-likeness (QED) is 0.826. The van der Waals surface area contributed by atoms with Gasteiger partial charge in [0.05, 0.1) is 30.3 Å². The smallest absolute Gasteiger partial charge is 0.414 e. The fraction of sp³-hybridized carbons (Fsp3) is 0.500. The van der Waals surface area contributed by atoms with E-state index in [0.29, 0.717) is 36.9 Å². The molecule has 0 unspecified atom stereocenters. The van der Waals surface area contributed by atoms with Crippen LogP contribution >= 0.6 is 0 Å². The number of halogens is 1. The van der Waals surface area contributed by atoms with Crippen molar-refractivity contribution < 1.29 is 23.8 Å². The van der Waals surface area contributed by atoms with E-state index in [-0.39, 0.29) is 13.1 Å². The third-order valence-corrected chi connectivity index (χ3v) is 5.25. The molecule has 1 atom stereocenters. The number of hydrogen-bond acceptors (Lipinski definition) is 5. The third kappa shape index (κ3) is 2.78. The van der Waals surface area contributed by atoms with E-state index in [2.05, 4.69) is 11.4 Å². The molecule has 26 heavy (non-hydrogen) atoms. The molecule has 8 heteroatoms. The number of nitrogens with zero attached hydrogens (tertiary/aromatic N) is 2. The van der Waals surface area contributed by atoms with Crippen LogP contribution in [0.1, 0.15) is 31.2 Å².